The third-order valence-electron chi connectivity index (χ3n) is 4.50. The molecule has 0 spiro atoms. The molecular weight excluding hydrogens is 296 g/mol. The highest BCUT2D eigenvalue weighted by Gasteiger charge is 2.41. The van der Waals surface area contributed by atoms with E-state index in [2.05, 4.69) is 0 Å². The molecule has 3 atom stereocenters. The van der Waals surface area contributed by atoms with Crippen molar-refractivity contribution in [3.8, 4) is 0 Å². The van der Waals surface area contributed by atoms with Gasteiger partial charge < -0.3 is 15.7 Å². The quantitative estimate of drug-likeness (QED) is 0.719. The van der Waals surface area contributed by atoms with Crippen LogP contribution in [0.5, 0.6) is 0 Å². The molecule has 2 aliphatic rings. The first-order valence-corrected chi connectivity index (χ1v) is 9.09. The molecule has 0 aromatic carbocycles. The van der Waals surface area contributed by atoms with Crippen molar-refractivity contribution in [3.05, 3.63) is 0 Å². The lowest BCUT2D eigenvalue weighted by atomic mass is 9.94. The first-order chi connectivity index (χ1) is 9.84. The summed E-state index contributed by atoms with van der Waals surface area (Å²) in [4.78, 5) is 25.1. The number of nitrogens with two attached hydrogens (primary N) is 1. The molecule has 120 valence electrons. The Labute approximate surface area is 124 Å². The zero-order valence-electron chi connectivity index (χ0n) is 11.9. The average molecular weight is 318 g/mol. The van der Waals surface area contributed by atoms with Crippen LogP contribution in [0.25, 0.3) is 0 Å². The summed E-state index contributed by atoms with van der Waals surface area (Å²) >= 11 is 0. The molecule has 7 nitrogen and oxygen atoms in total. The molecule has 2 rings (SSSR count). The summed E-state index contributed by atoms with van der Waals surface area (Å²) in [5.74, 6) is -1.62. The minimum atomic E-state index is -3.27. The molecule has 0 bridgehead atoms. The van der Waals surface area contributed by atoms with Crippen LogP contribution in [0.2, 0.25) is 0 Å². The van der Waals surface area contributed by atoms with Gasteiger partial charge in [-0.2, -0.15) is 0 Å². The number of amides is 1. The van der Waals surface area contributed by atoms with Crippen molar-refractivity contribution < 1.29 is 23.1 Å². The second-order valence-corrected chi connectivity index (χ2v) is 8.16. The number of carboxylic acids is 1. The van der Waals surface area contributed by atoms with Gasteiger partial charge in [0.05, 0.1) is 24.0 Å². The van der Waals surface area contributed by atoms with Gasteiger partial charge in [0.1, 0.15) is 0 Å². The fraction of sp³-hybridized carbons (Fsp3) is 0.846. The molecule has 1 saturated carbocycles. The van der Waals surface area contributed by atoms with E-state index in [1.807, 2.05) is 0 Å². The largest absolute Gasteiger partial charge is 0.481 e. The second-order valence-electron chi connectivity index (χ2n) is 5.93. The van der Waals surface area contributed by atoms with Crippen LogP contribution in [0.1, 0.15) is 25.7 Å². The van der Waals surface area contributed by atoms with Crippen LogP contribution >= 0.6 is 0 Å². The fourth-order valence-electron chi connectivity index (χ4n) is 3.40. The van der Waals surface area contributed by atoms with Crippen LogP contribution in [0, 0.1) is 11.8 Å². The lowest BCUT2D eigenvalue weighted by molar-refractivity contribution is -0.142. The summed E-state index contributed by atoms with van der Waals surface area (Å²) < 4.78 is 23.4. The number of rotatable bonds is 4. The van der Waals surface area contributed by atoms with Crippen molar-refractivity contribution >= 4 is 21.7 Å². The van der Waals surface area contributed by atoms with Crippen molar-refractivity contribution in [1.82, 2.24) is 4.90 Å². The van der Waals surface area contributed by atoms with Crippen molar-refractivity contribution in [1.29, 1.82) is 0 Å². The van der Waals surface area contributed by atoms with Crippen LogP contribution in [0.15, 0.2) is 0 Å². The zero-order valence-corrected chi connectivity index (χ0v) is 12.7. The SMILES string of the molecule is NCC1CCCC1C(=O)N1CCS(=O)(=O)CC1CC(=O)O. The van der Waals surface area contributed by atoms with Crippen molar-refractivity contribution in [3.63, 3.8) is 0 Å². The van der Waals surface area contributed by atoms with Gasteiger partial charge in [0.2, 0.25) is 5.91 Å². The number of carbonyl (C=O) groups is 2. The predicted octanol–water partition coefficient (Wildman–Crippen LogP) is -0.538. The third-order valence-corrected chi connectivity index (χ3v) is 6.20. The standard InChI is InChI=1S/C13H22N2O5S/c14-7-9-2-1-3-11(9)13(18)15-4-5-21(19,20)8-10(15)6-12(16)17/h9-11H,1-8,14H2,(H,16,17). The Hall–Kier alpha value is -1.15. The van der Waals surface area contributed by atoms with Gasteiger partial charge >= 0.3 is 5.97 Å². The smallest absolute Gasteiger partial charge is 0.305 e. The fourth-order valence-corrected chi connectivity index (χ4v) is 4.93. The average Bonchev–Trinajstić information content (AvgIpc) is 2.84. The number of hydrogen-bond donors (Lipinski definition) is 2. The van der Waals surface area contributed by atoms with Gasteiger partial charge in [-0.3, -0.25) is 9.59 Å². The molecule has 1 aliphatic heterocycles. The number of carboxylic acid groups (broad SMARTS) is 1. The Morgan fingerprint density at radius 1 is 1.29 bits per heavy atom. The molecule has 0 radical (unpaired) electrons. The summed E-state index contributed by atoms with van der Waals surface area (Å²) in [6.45, 7) is 0.527. The summed E-state index contributed by atoms with van der Waals surface area (Å²) in [5.41, 5.74) is 5.69. The summed E-state index contributed by atoms with van der Waals surface area (Å²) in [5, 5.41) is 8.95. The van der Waals surface area contributed by atoms with E-state index in [1.54, 1.807) is 0 Å². The second kappa shape index (κ2) is 6.31. The Morgan fingerprint density at radius 2 is 2.00 bits per heavy atom. The minimum Gasteiger partial charge on any atom is -0.481 e. The number of nitrogens with zero attached hydrogens (tertiary/aromatic N) is 1. The van der Waals surface area contributed by atoms with E-state index < -0.39 is 21.8 Å². The molecule has 1 heterocycles. The van der Waals surface area contributed by atoms with E-state index in [4.69, 9.17) is 10.8 Å². The zero-order chi connectivity index (χ0) is 15.6. The molecule has 1 amide bonds. The van der Waals surface area contributed by atoms with Gasteiger partial charge in [0.15, 0.2) is 9.84 Å². The minimum absolute atomic E-state index is 0.0884. The maximum absolute atomic E-state index is 12.7. The van der Waals surface area contributed by atoms with Gasteiger partial charge in [-0.05, 0) is 25.3 Å². The predicted molar refractivity (Wildman–Crippen MR) is 76.3 cm³/mol. The Kier molecular flexibility index (Phi) is 4.88. The Morgan fingerprint density at radius 3 is 2.62 bits per heavy atom. The van der Waals surface area contributed by atoms with E-state index in [1.165, 1.54) is 4.90 Å². The van der Waals surface area contributed by atoms with E-state index in [0.717, 1.165) is 19.3 Å². The molecular formula is C13H22N2O5S. The lowest BCUT2D eigenvalue weighted by Gasteiger charge is -2.37. The van der Waals surface area contributed by atoms with E-state index in [0.29, 0.717) is 6.54 Å². The molecule has 0 aromatic rings. The van der Waals surface area contributed by atoms with E-state index in [-0.39, 0.29) is 42.2 Å². The molecule has 2 fully saturated rings. The van der Waals surface area contributed by atoms with Gasteiger partial charge in [-0.15, -0.1) is 0 Å². The van der Waals surface area contributed by atoms with Crippen molar-refractivity contribution in [2.75, 3.05) is 24.6 Å². The van der Waals surface area contributed by atoms with Gasteiger partial charge in [0.25, 0.3) is 0 Å². The maximum atomic E-state index is 12.7. The monoisotopic (exact) mass is 318 g/mol. The number of hydrogen-bond acceptors (Lipinski definition) is 5. The molecule has 1 aliphatic carbocycles. The molecule has 8 heteroatoms. The lowest BCUT2D eigenvalue weighted by Crippen LogP contribution is -2.54. The first-order valence-electron chi connectivity index (χ1n) is 7.27. The molecule has 0 aromatic heterocycles. The van der Waals surface area contributed by atoms with Gasteiger partial charge in [-0.25, -0.2) is 8.42 Å². The number of sulfone groups is 1. The first kappa shape index (κ1) is 16.2. The molecule has 21 heavy (non-hydrogen) atoms. The van der Waals surface area contributed by atoms with Crippen LogP contribution in [0.4, 0.5) is 0 Å². The topological polar surface area (TPSA) is 118 Å². The van der Waals surface area contributed by atoms with Gasteiger partial charge in [-0.1, -0.05) is 6.42 Å². The molecule has 3 N–H and O–H groups in total. The summed E-state index contributed by atoms with van der Waals surface area (Å²) in [6.07, 6.45) is 2.27. The molecule has 3 unspecified atom stereocenters. The molecule has 1 saturated heterocycles. The van der Waals surface area contributed by atoms with Crippen molar-refractivity contribution in [2.24, 2.45) is 17.6 Å². The van der Waals surface area contributed by atoms with Crippen LogP contribution in [-0.4, -0.2) is 60.9 Å². The highest BCUT2D eigenvalue weighted by atomic mass is 32.2. The van der Waals surface area contributed by atoms with Gasteiger partial charge in [0, 0.05) is 12.5 Å². The summed E-state index contributed by atoms with van der Waals surface area (Å²) in [6, 6.07) is -0.757. The van der Waals surface area contributed by atoms with Crippen molar-refractivity contribution in [2.45, 2.75) is 31.7 Å². The summed E-state index contributed by atoms with van der Waals surface area (Å²) in [7, 11) is -3.27. The Bertz CT molecular complexity index is 519. The van der Waals surface area contributed by atoms with Crippen LogP contribution < -0.4 is 5.73 Å². The highest BCUT2D eigenvalue weighted by Crippen LogP contribution is 2.33. The van der Waals surface area contributed by atoms with Crippen LogP contribution in [-0.2, 0) is 19.4 Å². The maximum Gasteiger partial charge on any atom is 0.305 e. The number of carbonyl (C=O) groups excluding carboxylic acids is 1. The normalized spacial score (nSPS) is 32.0. The van der Waals surface area contributed by atoms with Crippen LogP contribution in [0.3, 0.4) is 0 Å². The third kappa shape index (κ3) is 3.74. The highest BCUT2D eigenvalue weighted by molar-refractivity contribution is 7.91. The number of aliphatic carboxylic acids is 1. The van der Waals surface area contributed by atoms with E-state index >= 15 is 0 Å². The van der Waals surface area contributed by atoms with E-state index in [9.17, 15) is 18.0 Å². The Balaban J connectivity index is 2.15.